The molecule has 0 saturated heterocycles. The molecule has 0 bridgehead atoms. The zero-order valence-corrected chi connectivity index (χ0v) is 17.2. The maximum atomic E-state index is 14.6. The summed E-state index contributed by atoms with van der Waals surface area (Å²) in [5, 5.41) is 3.40. The van der Waals surface area contributed by atoms with E-state index in [9.17, 15) is 9.18 Å². The maximum Gasteiger partial charge on any atom is 0.257 e. The summed E-state index contributed by atoms with van der Waals surface area (Å²) in [6.45, 7) is 5.89. The Balaban J connectivity index is 1.62. The second-order valence-electron chi connectivity index (χ2n) is 7.86. The van der Waals surface area contributed by atoms with Crippen molar-refractivity contribution in [2.24, 2.45) is 10.7 Å². The lowest BCUT2D eigenvalue weighted by molar-refractivity contribution is 0.102. The Hall–Kier alpha value is -2.28. The van der Waals surface area contributed by atoms with Crippen LogP contribution >= 0.6 is 11.8 Å². The summed E-state index contributed by atoms with van der Waals surface area (Å²) >= 11 is 1.48. The highest BCUT2D eigenvalue weighted by Crippen LogP contribution is 2.39. The number of thioether (sulfide) groups is 1. The Morgan fingerprint density at radius 3 is 2.79 bits per heavy atom. The molecule has 7 heteroatoms. The number of anilines is 1. The third kappa shape index (κ3) is 3.43. The largest absolute Gasteiger partial charge is 0.379 e. The van der Waals surface area contributed by atoms with E-state index in [1.165, 1.54) is 30.7 Å². The molecule has 1 saturated carbocycles. The molecule has 5 nitrogen and oxygen atoms in total. The lowest BCUT2D eigenvalue weighted by atomic mass is 9.89. The molecule has 4 rings (SSSR count). The van der Waals surface area contributed by atoms with E-state index in [1.54, 1.807) is 12.1 Å². The highest BCUT2D eigenvalue weighted by atomic mass is 32.2. The molecule has 1 aromatic heterocycles. The number of aliphatic imine (C=N–C) groups is 1. The van der Waals surface area contributed by atoms with Gasteiger partial charge in [-0.15, -0.1) is 0 Å². The van der Waals surface area contributed by atoms with Crippen molar-refractivity contribution in [3.05, 3.63) is 52.6 Å². The maximum absolute atomic E-state index is 14.6. The van der Waals surface area contributed by atoms with Gasteiger partial charge in [-0.25, -0.2) is 4.39 Å². The summed E-state index contributed by atoms with van der Waals surface area (Å²) in [7, 11) is 0. The fourth-order valence-electron chi connectivity index (χ4n) is 4.00. The summed E-state index contributed by atoms with van der Waals surface area (Å²) in [6.07, 6.45) is 3.02. The van der Waals surface area contributed by atoms with Crippen LogP contribution in [0.3, 0.4) is 0 Å². The summed E-state index contributed by atoms with van der Waals surface area (Å²) in [6, 6.07) is 7.10. The zero-order chi connectivity index (χ0) is 20.1. The first-order valence-corrected chi connectivity index (χ1v) is 10.5. The molecule has 1 amide bonds. The van der Waals surface area contributed by atoms with Crippen molar-refractivity contribution in [1.82, 2.24) is 4.57 Å². The van der Waals surface area contributed by atoms with Crippen molar-refractivity contribution < 1.29 is 9.18 Å². The molecule has 1 unspecified atom stereocenters. The number of rotatable bonds is 4. The molecule has 1 aliphatic carbocycles. The van der Waals surface area contributed by atoms with Gasteiger partial charge in [-0.05, 0) is 64.3 Å². The molecule has 0 spiro atoms. The zero-order valence-electron chi connectivity index (χ0n) is 16.4. The van der Waals surface area contributed by atoms with Crippen LogP contribution in [0.5, 0.6) is 0 Å². The Morgan fingerprint density at radius 1 is 1.36 bits per heavy atom. The standard InChI is InChI=1S/C21H25FN4OS/c1-12-10-16(13(2)26(12)15-5-6-15)19(27)24-14-4-7-18(22)17(11-14)21(3)8-9-28-20(23)25-21/h4,7,10-11,15H,5-6,8-9H2,1-3H3,(H2,23,25)(H,24,27). The summed E-state index contributed by atoms with van der Waals surface area (Å²) in [4.78, 5) is 17.4. The van der Waals surface area contributed by atoms with Gasteiger partial charge in [0, 0.05) is 34.4 Å². The van der Waals surface area contributed by atoms with Crippen molar-refractivity contribution in [3.63, 3.8) is 0 Å². The van der Waals surface area contributed by atoms with Gasteiger partial charge in [0.2, 0.25) is 0 Å². The Morgan fingerprint density at radius 2 is 2.11 bits per heavy atom. The second-order valence-corrected chi connectivity index (χ2v) is 8.97. The number of nitrogens with two attached hydrogens (primary N) is 1. The minimum Gasteiger partial charge on any atom is -0.379 e. The van der Waals surface area contributed by atoms with Crippen LogP contribution in [0.25, 0.3) is 0 Å². The van der Waals surface area contributed by atoms with Gasteiger partial charge in [-0.2, -0.15) is 0 Å². The van der Waals surface area contributed by atoms with Gasteiger partial charge < -0.3 is 15.6 Å². The summed E-state index contributed by atoms with van der Waals surface area (Å²) in [5.74, 6) is 0.274. The number of carbonyl (C=O) groups excluding carboxylic acids is 1. The quantitative estimate of drug-likeness (QED) is 0.794. The molecule has 1 aromatic carbocycles. The van der Waals surface area contributed by atoms with E-state index < -0.39 is 5.54 Å². The van der Waals surface area contributed by atoms with Crippen LogP contribution in [-0.4, -0.2) is 21.4 Å². The van der Waals surface area contributed by atoms with Gasteiger partial charge >= 0.3 is 0 Å². The first-order chi connectivity index (χ1) is 13.3. The van der Waals surface area contributed by atoms with Crippen molar-refractivity contribution in [2.75, 3.05) is 11.1 Å². The Labute approximate surface area is 168 Å². The highest BCUT2D eigenvalue weighted by molar-refractivity contribution is 8.13. The monoisotopic (exact) mass is 400 g/mol. The lowest BCUT2D eigenvalue weighted by Gasteiger charge is -2.30. The molecule has 2 aromatic rings. The van der Waals surface area contributed by atoms with Gasteiger partial charge in [0.05, 0.1) is 11.1 Å². The summed E-state index contributed by atoms with van der Waals surface area (Å²) < 4.78 is 16.8. The van der Waals surface area contributed by atoms with Crippen LogP contribution in [0, 0.1) is 19.7 Å². The fourth-order valence-corrected chi connectivity index (χ4v) is 4.97. The number of aryl methyl sites for hydroxylation is 1. The third-order valence-electron chi connectivity index (χ3n) is 5.64. The summed E-state index contributed by atoms with van der Waals surface area (Å²) in [5.41, 5.74) is 8.91. The van der Waals surface area contributed by atoms with Crippen LogP contribution in [0.1, 0.15) is 59.5 Å². The SMILES string of the molecule is Cc1cc(C(=O)Nc2ccc(F)c(C3(C)CCSC(N)=N3)c2)c(C)n1C1CC1. The molecule has 1 atom stereocenters. The van der Waals surface area contributed by atoms with Crippen LogP contribution in [0.15, 0.2) is 29.3 Å². The first kappa shape index (κ1) is 19.1. The molecular weight excluding hydrogens is 375 g/mol. The third-order valence-corrected chi connectivity index (χ3v) is 6.44. The average Bonchev–Trinajstić information content (AvgIpc) is 3.41. The molecule has 28 heavy (non-hydrogen) atoms. The normalized spacial score (nSPS) is 22.1. The van der Waals surface area contributed by atoms with E-state index in [0.29, 0.717) is 34.4 Å². The van der Waals surface area contributed by atoms with E-state index in [2.05, 4.69) is 14.9 Å². The van der Waals surface area contributed by atoms with E-state index in [1.807, 2.05) is 26.8 Å². The van der Waals surface area contributed by atoms with Gasteiger partial charge in [0.25, 0.3) is 5.91 Å². The number of hydrogen-bond acceptors (Lipinski definition) is 4. The van der Waals surface area contributed by atoms with Crippen LogP contribution < -0.4 is 11.1 Å². The molecule has 1 fully saturated rings. The minimum atomic E-state index is -0.720. The number of hydrogen-bond donors (Lipinski definition) is 2. The van der Waals surface area contributed by atoms with Gasteiger partial charge in [-0.1, -0.05) is 11.8 Å². The van der Waals surface area contributed by atoms with Gasteiger partial charge in [0.1, 0.15) is 5.82 Å². The molecule has 0 radical (unpaired) electrons. The molecule has 3 N–H and O–H groups in total. The van der Waals surface area contributed by atoms with E-state index >= 15 is 0 Å². The highest BCUT2D eigenvalue weighted by Gasteiger charge is 2.33. The van der Waals surface area contributed by atoms with E-state index in [4.69, 9.17) is 5.73 Å². The number of aromatic nitrogens is 1. The predicted octanol–water partition coefficient (Wildman–Crippen LogP) is 4.50. The number of nitrogens with one attached hydrogen (secondary N) is 1. The molecule has 1 aliphatic heterocycles. The van der Waals surface area contributed by atoms with Crippen molar-refractivity contribution in [2.45, 2.75) is 51.6 Å². The number of benzene rings is 1. The van der Waals surface area contributed by atoms with Gasteiger partial charge in [-0.3, -0.25) is 9.79 Å². The molecule has 2 aliphatic rings. The van der Waals surface area contributed by atoms with Crippen LogP contribution in [-0.2, 0) is 5.54 Å². The van der Waals surface area contributed by atoms with E-state index in [0.717, 1.165) is 17.1 Å². The van der Waals surface area contributed by atoms with Crippen molar-refractivity contribution in [1.29, 1.82) is 0 Å². The van der Waals surface area contributed by atoms with Crippen LogP contribution in [0.2, 0.25) is 0 Å². The number of amidine groups is 1. The lowest BCUT2D eigenvalue weighted by Crippen LogP contribution is -2.29. The van der Waals surface area contributed by atoms with Crippen molar-refractivity contribution >= 4 is 28.5 Å². The average molecular weight is 401 g/mol. The second kappa shape index (κ2) is 6.95. The molecule has 2 heterocycles. The molecule has 148 valence electrons. The fraction of sp³-hybridized carbons (Fsp3) is 0.429. The topological polar surface area (TPSA) is 72.4 Å². The minimum absolute atomic E-state index is 0.176. The van der Waals surface area contributed by atoms with Crippen LogP contribution in [0.4, 0.5) is 10.1 Å². The first-order valence-electron chi connectivity index (χ1n) is 9.56. The van der Waals surface area contributed by atoms with Gasteiger partial charge in [0.15, 0.2) is 5.17 Å². The van der Waals surface area contributed by atoms with E-state index in [-0.39, 0.29) is 11.7 Å². The smallest absolute Gasteiger partial charge is 0.257 e. The Bertz CT molecular complexity index is 979. The number of amides is 1. The number of nitrogens with zero attached hydrogens (tertiary/aromatic N) is 2. The number of carbonyl (C=O) groups is 1. The number of halogens is 1. The van der Waals surface area contributed by atoms with Crippen molar-refractivity contribution in [3.8, 4) is 0 Å². The predicted molar refractivity (Wildman–Crippen MR) is 113 cm³/mol. The molecular formula is C21H25FN4OS. The Kier molecular flexibility index (Phi) is 4.73.